The largest absolute Gasteiger partial charge is 0.478 e. The molecule has 1 fully saturated rings. The molecule has 0 bridgehead atoms. The summed E-state index contributed by atoms with van der Waals surface area (Å²) in [5.41, 5.74) is 0.291. The molecule has 4 nitrogen and oxygen atoms in total. The third-order valence-electron chi connectivity index (χ3n) is 3.77. The molecular weight excluding hydrogens is 259 g/mol. The molecule has 1 saturated heterocycles. The number of carbonyl (C=O) groups is 1. The minimum atomic E-state index is -1.07. The molecule has 5 heteroatoms. The molecule has 1 aliphatic heterocycles. The minimum absolute atomic E-state index is 0.0519. The highest BCUT2D eigenvalue weighted by molar-refractivity contribution is 5.94. The van der Waals surface area contributed by atoms with Gasteiger partial charge in [-0.1, -0.05) is 6.07 Å². The third kappa shape index (κ3) is 3.28. The van der Waals surface area contributed by atoms with Gasteiger partial charge in [-0.3, -0.25) is 0 Å². The van der Waals surface area contributed by atoms with Gasteiger partial charge in [0.05, 0.1) is 11.3 Å². The second kappa shape index (κ2) is 6.22. The van der Waals surface area contributed by atoms with Gasteiger partial charge in [0.1, 0.15) is 5.82 Å². The SMILES string of the molecule is CN(C)CC1CCN(c2c(F)cccc2C(=O)O)CC1. The molecule has 2 rings (SSSR count). The first-order valence-electron chi connectivity index (χ1n) is 6.90. The van der Waals surface area contributed by atoms with Crippen LogP contribution < -0.4 is 4.90 Å². The van der Waals surface area contributed by atoms with Gasteiger partial charge in [0.2, 0.25) is 0 Å². The van der Waals surface area contributed by atoms with E-state index in [2.05, 4.69) is 4.90 Å². The van der Waals surface area contributed by atoms with Crippen molar-refractivity contribution in [1.29, 1.82) is 0 Å². The van der Waals surface area contributed by atoms with Gasteiger partial charge in [-0.15, -0.1) is 0 Å². The Morgan fingerprint density at radius 2 is 2.05 bits per heavy atom. The number of piperidine rings is 1. The van der Waals surface area contributed by atoms with Gasteiger partial charge in [-0.05, 0) is 45.0 Å². The Morgan fingerprint density at radius 3 is 2.60 bits per heavy atom. The third-order valence-corrected chi connectivity index (χ3v) is 3.77. The number of rotatable bonds is 4. The van der Waals surface area contributed by atoms with E-state index < -0.39 is 11.8 Å². The van der Waals surface area contributed by atoms with Crippen LogP contribution in [-0.4, -0.2) is 49.7 Å². The quantitative estimate of drug-likeness (QED) is 0.919. The smallest absolute Gasteiger partial charge is 0.337 e. The molecule has 0 radical (unpaired) electrons. The van der Waals surface area contributed by atoms with E-state index in [-0.39, 0.29) is 11.3 Å². The van der Waals surface area contributed by atoms with E-state index in [1.165, 1.54) is 18.2 Å². The number of anilines is 1. The van der Waals surface area contributed by atoms with Crippen LogP contribution in [0.15, 0.2) is 18.2 Å². The first-order valence-corrected chi connectivity index (χ1v) is 6.90. The van der Waals surface area contributed by atoms with Crippen molar-refractivity contribution in [3.05, 3.63) is 29.6 Å². The number of hydrogen-bond acceptors (Lipinski definition) is 3. The summed E-state index contributed by atoms with van der Waals surface area (Å²) in [7, 11) is 4.09. The molecule has 1 aliphatic rings. The van der Waals surface area contributed by atoms with Crippen molar-refractivity contribution in [2.75, 3.05) is 38.6 Å². The number of para-hydroxylation sites is 1. The molecule has 1 aromatic rings. The lowest BCUT2D eigenvalue weighted by molar-refractivity contribution is 0.0697. The van der Waals surface area contributed by atoms with Crippen LogP contribution in [0, 0.1) is 11.7 Å². The highest BCUT2D eigenvalue weighted by Gasteiger charge is 2.25. The predicted octanol–water partition coefficient (Wildman–Crippen LogP) is 2.30. The van der Waals surface area contributed by atoms with Crippen LogP contribution >= 0.6 is 0 Å². The van der Waals surface area contributed by atoms with E-state index in [4.69, 9.17) is 0 Å². The summed E-state index contributed by atoms with van der Waals surface area (Å²) in [6, 6.07) is 4.24. The molecule has 1 heterocycles. The Labute approximate surface area is 118 Å². The van der Waals surface area contributed by atoms with E-state index in [0.29, 0.717) is 19.0 Å². The molecule has 0 saturated carbocycles. The van der Waals surface area contributed by atoms with Gasteiger partial charge in [0.25, 0.3) is 0 Å². The normalized spacial score (nSPS) is 16.7. The number of halogens is 1. The summed E-state index contributed by atoms with van der Waals surface area (Å²) < 4.78 is 14.0. The number of aromatic carboxylic acids is 1. The van der Waals surface area contributed by atoms with Crippen molar-refractivity contribution < 1.29 is 14.3 Å². The molecule has 0 unspecified atom stereocenters. The molecule has 1 N–H and O–H groups in total. The van der Waals surface area contributed by atoms with E-state index in [1.54, 1.807) is 0 Å². The van der Waals surface area contributed by atoms with Crippen molar-refractivity contribution in [3.63, 3.8) is 0 Å². The molecule has 0 spiro atoms. The predicted molar refractivity (Wildman–Crippen MR) is 76.9 cm³/mol. The van der Waals surface area contributed by atoms with Crippen LogP contribution in [-0.2, 0) is 0 Å². The number of carboxylic acids is 1. The van der Waals surface area contributed by atoms with Crippen molar-refractivity contribution >= 4 is 11.7 Å². The zero-order valence-corrected chi connectivity index (χ0v) is 12.0. The Kier molecular flexibility index (Phi) is 4.60. The van der Waals surface area contributed by atoms with Crippen molar-refractivity contribution in [2.24, 2.45) is 5.92 Å². The summed E-state index contributed by atoms with van der Waals surface area (Å²) in [5, 5.41) is 9.19. The number of nitrogens with zero attached hydrogens (tertiary/aromatic N) is 2. The van der Waals surface area contributed by atoms with E-state index >= 15 is 0 Å². The summed E-state index contributed by atoms with van der Waals surface area (Å²) >= 11 is 0. The van der Waals surface area contributed by atoms with Gasteiger partial charge >= 0.3 is 5.97 Å². The molecule has 20 heavy (non-hydrogen) atoms. The van der Waals surface area contributed by atoms with Crippen LogP contribution in [0.25, 0.3) is 0 Å². The highest BCUT2D eigenvalue weighted by atomic mass is 19.1. The van der Waals surface area contributed by atoms with E-state index in [9.17, 15) is 14.3 Å². The van der Waals surface area contributed by atoms with Gasteiger partial charge in [0, 0.05) is 19.6 Å². The summed E-state index contributed by atoms with van der Waals surface area (Å²) in [5.74, 6) is -0.924. The molecule has 0 aliphatic carbocycles. The fraction of sp³-hybridized carbons (Fsp3) is 0.533. The highest BCUT2D eigenvalue weighted by Crippen LogP contribution is 2.29. The molecule has 0 aromatic heterocycles. The van der Waals surface area contributed by atoms with Gasteiger partial charge in [-0.2, -0.15) is 0 Å². The number of carboxylic acid groups (broad SMARTS) is 1. The van der Waals surface area contributed by atoms with Crippen LogP contribution in [0.1, 0.15) is 23.2 Å². The molecular formula is C15H21FN2O2. The summed E-state index contributed by atoms with van der Waals surface area (Å²) in [4.78, 5) is 15.3. The lowest BCUT2D eigenvalue weighted by atomic mass is 9.95. The van der Waals surface area contributed by atoms with E-state index in [0.717, 1.165) is 19.4 Å². The summed E-state index contributed by atoms with van der Waals surface area (Å²) in [6.45, 7) is 2.44. The number of hydrogen-bond donors (Lipinski definition) is 1. The maximum Gasteiger partial charge on any atom is 0.337 e. The topological polar surface area (TPSA) is 43.8 Å². The van der Waals surface area contributed by atoms with Crippen LogP contribution in [0.5, 0.6) is 0 Å². The van der Waals surface area contributed by atoms with Crippen molar-refractivity contribution in [2.45, 2.75) is 12.8 Å². The van der Waals surface area contributed by atoms with Crippen LogP contribution in [0.3, 0.4) is 0 Å². The number of benzene rings is 1. The average molecular weight is 280 g/mol. The molecule has 1 aromatic carbocycles. The summed E-state index contributed by atoms with van der Waals surface area (Å²) in [6.07, 6.45) is 1.93. The Balaban J connectivity index is 2.13. The fourth-order valence-electron chi connectivity index (χ4n) is 2.86. The first-order chi connectivity index (χ1) is 9.49. The van der Waals surface area contributed by atoms with Crippen LogP contribution in [0.2, 0.25) is 0 Å². The van der Waals surface area contributed by atoms with Crippen molar-refractivity contribution in [1.82, 2.24) is 4.90 Å². The molecule has 110 valence electrons. The molecule has 0 amide bonds. The standard InChI is InChI=1S/C15H21FN2O2/c1-17(2)10-11-6-8-18(9-7-11)14-12(15(19)20)4-3-5-13(14)16/h3-5,11H,6-10H2,1-2H3,(H,19,20). The fourth-order valence-corrected chi connectivity index (χ4v) is 2.86. The maximum absolute atomic E-state index is 14.0. The van der Waals surface area contributed by atoms with Gasteiger partial charge < -0.3 is 14.9 Å². The second-order valence-corrected chi connectivity index (χ2v) is 5.63. The lowest BCUT2D eigenvalue weighted by Gasteiger charge is -2.35. The average Bonchev–Trinajstić information content (AvgIpc) is 2.39. The van der Waals surface area contributed by atoms with Crippen molar-refractivity contribution in [3.8, 4) is 0 Å². The Bertz CT molecular complexity index is 483. The maximum atomic E-state index is 14.0. The zero-order valence-electron chi connectivity index (χ0n) is 12.0. The Morgan fingerprint density at radius 1 is 1.40 bits per heavy atom. The van der Waals surface area contributed by atoms with Crippen LogP contribution in [0.4, 0.5) is 10.1 Å². The molecule has 0 atom stereocenters. The van der Waals surface area contributed by atoms with E-state index in [1.807, 2.05) is 19.0 Å². The second-order valence-electron chi connectivity index (χ2n) is 5.63. The lowest BCUT2D eigenvalue weighted by Crippen LogP contribution is -2.38. The van der Waals surface area contributed by atoms with Gasteiger partial charge in [-0.25, -0.2) is 9.18 Å². The minimum Gasteiger partial charge on any atom is -0.478 e. The van der Waals surface area contributed by atoms with Gasteiger partial charge in [0.15, 0.2) is 0 Å². The monoisotopic (exact) mass is 280 g/mol. The first kappa shape index (κ1) is 14.8. The zero-order chi connectivity index (χ0) is 14.7. The Hall–Kier alpha value is -1.62.